The van der Waals surface area contributed by atoms with Gasteiger partial charge in [-0.05, 0) is 44.9 Å². The van der Waals surface area contributed by atoms with Crippen LogP contribution < -0.4 is 16.0 Å². The van der Waals surface area contributed by atoms with Gasteiger partial charge in [0.1, 0.15) is 0 Å². The third-order valence-electron chi connectivity index (χ3n) is 5.86. The van der Waals surface area contributed by atoms with Crippen molar-refractivity contribution in [2.24, 2.45) is 0 Å². The Hall–Kier alpha value is -3.44. The Morgan fingerprint density at radius 1 is 1.16 bits per heavy atom. The van der Waals surface area contributed by atoms with E-state index in [9.17, 15) is 10.1 Å². The number of thiazole rings is 1. The molecule has 0 aliphatic heterocycles. The van der Waals surface area contributed by atoms with Gasteiger partial charge in [-0.2, -0.15) is 5.26 Å². The topological polar surface area (TPSA) is 108 Å². The minimum atomic E-state index is -0.282. The van der Waals surface area contributed by atoms with Gasteiger partial charge in [-0.15, -0.1) is 11.3 Å². The van der Waals surface area contributed by atoms with Crippen LogP contribution >= 0.6 is 11.3 Å². The summed E-state index contributed by atoms with van der Waals surface area (Å²) in [5.41, 5.74) is 9.53. The highest BCUT2D eigenvalue weighted by molar-refractivity contribution is 7.15. The second-order valence-corrected chi connectivity index (χ2v) is 9.22. The van der Waals surface area contributed by atoms with Crippen molar-refractivity contribution in [2.75, 3.05) is 16.0 Å². The van der Waals surface area contributed by atoms with Gasteiger partial charge in [-0.1, -0.05) is 37.5 Å². The number of amides is 2. The Morgan fingerprint density at radius 3 is 2.59 bits per heavy atom. The number of urea groups is 1. The molecular formula is C24H26N6OS. The lowest BCUT2D eigenvalue weighted by Crippen LogP contribution is -2.45. The highest BCUT2D eigenvalue weighted by Gasteiger charge is 2.30. The highest BCUT2D eigenvalue weighted by Crippen LogP contribution is 2.33. The lowest BCUT2D eigenvalue weighted by molar-refractivity contribution is 0.252. The number of carbonyl (C=O) groups excluding carboxylic acids is 1. The Kier molecular flexibility index (Phi) is 6.37. The van der Waals surface area contributed by atoms with Crippen molar-refractivity contribution in [1.29, 1.82) is 5.26 Å². The van der Waals surface area contributed by atoms with Crippen LogP contribution in [0.1, 0.15) is 48.2 Å². The SMILES string of the molecule is Cc1nc(NC(=O)N(c2nc(-c3ccccc3C#N)ccc2N)C2CCCCC2)sc1C. The molecule has 2 heterocycles. The van der Waals surface area contributed by atoms with E-state index in [1.807, 2.05) is 32.0 Å². The zero-order valence-corrected chi connectivity index (χ0v) is 19.1. The van der Waals surface area contributed by atoms with Crippen molar-refractivity contribution in [3.63, 3.8) is 0 Å². The van der Waals surface area contributed by atoms with Crippen LogP contribution in [0.4, 0.5) is 21.4 Å². The van der Waals surface area contributed by atoms with E-state index in [0.717, 1.165) is 42.7 Å². The molecule has 2 aromatic heterocycles. The summed E-state index contributed by atoms with van der Waals surface area (Å²) in [6, 6.07) is 12.8. The Balaban J connectivity index is 1.75. The molecule has 0 radical (unpaired) electrons. The number of hydrogen-bond acceptors (Lipinski definition) is 6. The second-order valence-electron chi connectivity index (χ2n) is 8.02. The van der Waals surface area contributed by atoms with Crippen molar-refractivity contribution < 1.29 is 4.79 Å². The maximum absolute atomic E-state index is 13.5. The number of anilines is 3. The molecule has 3 N–H and O–H groups in total. The fourth-order valence-electron chi connectivity index (χ4n) is 4.06. The molecule has 0 unspecified atom stereocenters. The van der Waals surface area contributed by atoms with Gasteiger partial charge in [-0.25, -0.2) is 14.8 Å². The van der Waals surface area contributed by atoms with Gasteiger partial charge in [0, 0.05) is 16.5 Å². The lowest BCUT2D eigenvalue weighted by atomic mass is 9.94. The predicted octanol–water partition coefficient (Wildman–Crippen LogP) is 5.65. The smallest absolute Gasteiger partial charge is 0.329 e. The number of hydrogen-bond donors (Lipinski definition) is 2. The van der Waals surface area contributed by atoms with Gasteiger partial charge >= 0.3 is 6.03 Å². The van der Waals surface area contributed by atoms with Gasteiger partial charge in [0.15, 0.2) is 10.9 Å². The lowest BCUT2D eigenvalue weighted by Gasteiger charge is -2.34. The molecule has 0 saturated heterocycles. The molecule has 4 rings (SSSR count). The summed E-state index contributed by atoms with van der Waals surface area (Å²) >= 11 is 1.45. The van der Waals surface area contributed by atoms with Crippen molar-refractivity contribution in [1.82, 2.24) is 9.97 Å². The summed E-state index contributed by atoms with van der Waals surface area (Å²) < 4.78 is 0. The Bertz CT molecular complexity index is 1160. The van der Waals surface area contributed by atoms with E-state index in [0.29, 0.717) is 33.5 Å². The van der Waals surface area contributed by atoms with Gasteiger partial charge in [0.2, 0.25) is 0 Å². The molecule has 1 saturated carbocycles. The third-order valence-corrected chi connectivity index (χ3v) is 6.85. The average Bonchev–Trinajstić information content (AvgIpc) is 3.12. The van der Waals surface area contributed by atoms with E-state index in [1.54, 1.807) is 23.1 Å². The summed E-state index contributed by atoms with van der Waals surface area (Å²) in [7, 11) is 0. The molecule has 164 valence electrons. The van der Waals surface area contributed by atoms with E-state index >= 15 is 0 Å². The van der Waals surface area contributed by atoms with Gasteiger partial charge in [-0.3, -0.25) is 10.2 Å². The fourth-order valence-corrected chi connectivity index (χ4v) is 4.86. The van der Waals surface area contributed by atoms with Crippen LogP contribution in [0.3, 0.4) is 0 Å². The number of nitrogens with two attached hydrogens (primary N) is 1. The van der Waals surface area contributed by atoms with Crippen molar-refractivity contribution in [2.45, 2.75) is 52.0 Å². The summed E-state index contributed by atoms with van der Waals surface area (Å²) in [5.74, 6) is 0.421. The molecular weight excluding hydrogens is 420 g/mol. The standard InChI is InChI=1S/C24H26N6OS/c1-15-16(2)32-23(27-15)29-24(31)30(18-9-4-3-5-10-18)22-20(26)12-13-21(28-22)19-11-7-6-8-17(19)14-25/h6-8,11-13,18H,3-5,9-10,26H2,1-2H3,(H,27,29,31). The fraction of sp³-hybridized carbons (Fsp3) is 0.333. The first kappa shape index (κ1) is 21.8. The molecule has 1 fully saturated rings. The normalized spacial score (nSPS) is 14.0. The molecule has 0 bridgehead atoms. The molecule has 2 amide bonds. The number of rotatable bonds is 4. The van der Waals surface area contributed by atoms with Crippen molar-refractivity contribution >= 4 is 34.0 Å². The zero-order valence-electron chi connectivity index (χ0n) is 18.3. The molecule has 1 aliphatic carbocycles. The van der Waals surface area contributed by atoms with Crippen molar-refractivity contribution in [3.8, 4) is 17.3 Å². The first-order valence-electron chi connectivity index (χ1n) is 10.8. The molecule has 0 spiro atoms. The minimum Gasteiger partial charge on any atom is -0.396 e. The van der Waals surface area contributed by atoms with Crippen LogP contribution in [-0.2, 0) is 0 Å². The number of nitrogen functional groups attached to an aromatic ring is 1. The van der Waals surface area contributed by atoms with Crippen molar-refractivity contribution in [3.05, 3.63) is 52.5 Å². The quantitative estimate of drug-likeness (QED) is 0.538. The molecule has 7 nitrogen and oxygen atoms in total. The maximum Gasteiger partial charge on any atom is 0.329 e. The van der Waals surface area contributed by atoms with E-state index in [1.165, 1.54) is 11.3 Å². The number of aromatic nitrogens is 2. The van der Waals surface area contributed by atoms with Crippen LogP contribution in [0.25, 0.3) is 11.3 Å². The highest BCUT2D eigenvalue weighted by atomic mass is 32.1. The summed E-state index contributed by atoms with van der Waals surface area (Å²) in [5, 5.41) is 13.0. The second kappa shape index (κ2) is 9.37. The number of pyridine rings is 1. The maximum atomic E-state index is 13.5. The van der Waals surface area contributed by atoms with Crippen LogP contribution in [0.5, 0.6) is 0 Å². The predicted molar refractivity (Wildman–Crippen MR) is 129 cm³/mol. The van der Waals surface area contributed by atoms with Crippen LogP contribution in [0.2, 0.25) is 0 Å². The number of benzene rings is 1. The van der Waals surface area contributed by atoms with Gasteiger partial charge in [0.05, 0.1) is 28.7 Å². The third kappa shape index (κ3) is 4.43. The minimum absolute atomic E-state index is 0.00201. The van der Waals surface area contributed by atoms with Crippen LogP contribution in [0, 0.1) is 25.2 Å². The summed E-state index contributed by atoms with van der Waals surface area (Å²) in [6.07, 6.45) is 5.06. The zero-order chi connectivity index (χ0) is 22.7. The monoisotopic (exact) mass is 446 g/mol. The Labute approximate surface area is 191 Å². The number of carbonyl (C=O) groups is 1. The molecule has 1 aliphatic rings. The number of aryl methyl sites for hydroxylation is 2. The molecule has 1 aromatic carbocycles. The number of nitrogens with one attached hydrogen (secondary N) is 1. The first-order chi connectivity index (χ1) is 15.5. The van der Waals surface area contributed by atoms with E-state index < -0.39 is 0 Å². The Morgan fingerprint density at radius 2 is 1.91 bits per heavy atom. The number of nitrogens with zero attached hydrogens (tertiary/aromatic N) is 4. The van der Waals surface area contributed by atoms with Gasteiger partial charge < -0.3 is 5.73 Å². The molecule has 0 atom stereocenters. The van der Waals surface area contributed by atoms with Gasteiger partial charge in [0.25, 0.3) is 0 Å². The first-order valence-corrected chi connectivity index (χ1v) is 11.6. The largest absolute Gasteiger partial charge is 0.396 e. The van der Waals surface area contributed by atoms with E-state index in [2.05, 4.69) is 16.4 Å². The average molecular weight is 447 g/mol. The molecule has 8 heteroatoms. The van der Waals surface area contributed by atoms with Crippen LogP contribution in [-0.4, -0.2) is 22.0 Å². The van der Waals surface area contributed by atoms with E-state index in [4.69, 9.17) is 10.7 Å². The summed E-state index contributed by atoms with van der Waals surface area (Å²) in [4.78, 5) is 25.5. The van der Waals surface area contributed by atoms with Crippen LogP contribution in [0.15, 0.2) is 36.4 Å². The van der Waals surface area contributed by atoms with E-state index in [-0.39, 0.29) is 12.1 Å². The summed E-state index contributed by atoms with van der Waals surface area (Å²) in [6.45, 7) is 3.91. The molecule has 3 aromatic rings. The molecule has 32 heavy (non-hydrogen) atoms. The number of nitriles is 1.